The van der Waals surface area contributed by atoms with Crippen LogP contribution in [0.4, 0.5) is 5.69 Å². The van der Waals surface area contributed by atoms with Crippen LogP contribution in [0.2, 0.25) is 0 Å². The van der Waals surface area contributed by atoms with Gasteiger partial charge in [0.1, 0.15) is 0 Å². The van der Waals surface area contributed by atoms with Gasteiger partial charge in [0.15, 0.2) is 12.4 Å². The van der Waals surface area contributed by atoms with E-state index in [4.69, 9.17) is 13.7 Å². The van der Waals surface area contributed by atoms with Crippen LogP contribution in [0.25, 0.3) is 11.6 Å². The van der Waals surface area contributed by atoms with Gasteiger partial charge in [-0.05, 0) is 24.6 Å². The van der Waals surface area contributed by atoms with Crippen molar-refractivity contribution in [2.45, 2.75) is 13.5 Å². The lowest BCUT2D eigenvalue weighted by molar-refractivity contribution is -0.386. The lowest BCUT2D eigenvalue weighted by Crippen LogP contribution is -2.01. The molecule has 0 aliphatic heterocycles. The average molecular weight is 302 g/mol. The Bertz CT molecular complexity index is 797. The molecule has 22 heavy (non-hydrogen) atoms. The topological polar surface area (TPSA) is 117 Å². The third kappa shape index (κ3) is 2.77. The van der Waals surface area contributed by atoms with E-state index < -0.39 is 4.92 Å². The number of rotatable bonds is 5. The fourth-order valence-electron chi connectivity index (χ4n) is 1.73. The average Bonchev–Trinajstić information content (AvgIpc) is 3.16. The zero-order valence-corrected chi connectivity index (χ0v) is 11.4. The van der Waals surface area contributed by atoms with E-state index in [1.165, 1.54) is 18.5 Å². The largest absolute Gasteiger partial charge is 0.463 e. The molecule has 0 aliphatic rings. The van der Waals surface area contributed by atoms with Crippen molar-refractivity contribution in [3.8, 4) is 17.5 Å². The molecule has 0 saturated heterocycles. The maximum absolute atomic E-state index is 11.0. The Hall–Kier alpha value is -3.23. The minimum absolute atomic E-state index is 0.103. The summed E-state index contributed by atoms with van der Waals surface area (Å²) in [5, 5.41) is 14.7. The number of nitrogens with zero attached hydrogens (tertiary/aromatic N) is 4. The number of aryl methyl sites for hydroxylation is 1. The summed E-state index contributed by atoms with van der Waals surface area (Å²) in [4.78, 5) is 18.4. The third-order valence-corrected chi connectivity index (χ3v) is 2.71. The van der Waals surface area contributed by atoms with E-state index in [-0.39, 0.29) is 29.9 Å². The first kappa shape index (κ1) is 13.7. The number of nitro groups is 1. The van der Waals surface area contributed by atoms with E-state index in [1.807, 2.05) is 0 Å². The molecule has 0 amide bonds. The van der Waals surface area contributed by atoms with Gasteiger partial charge in [-0.15, -0.1) is 0 Å². The maximum Gasteiger partial charge on any atom is 0.331 e. The summed E-state index contributed by atoms with van der Waals surface area (Å²) in [6, 6.07) is 4.76. The molecule has 0 saturated carbocycles. The number of ether oxygens (including phenoxy) is 1. The smallest absolute Gasteiger partial charge is 0.331 e. The first-order valence-electron chi connectivity index (χ1n) is 6.24. The molecule has 9 nitrogen and oxygen atoms in total. The van der Waals surface area contributed by atoms with Gasteiger partial charge in [0.05, 0.1) is 11.2 Å². The molecule has 0 N–H and O–H groups in total. The predicted octanol–water partition coefficient (Wildman–Crippen LogP) is 2.52. The van der Waals surface area contributed by atoms with Crippen LogP contribution in [0.3, 0.4) is 0 Å². The summed E-state index contributed by atoms with van der Waals surface area (Å²) in [5.74, 6) is 0.779. The van der Waals surface area contributed by atoms with Crippen LogP contribution >= 0.6 is 0 Å². The summed E-state index contributed by atoms with van der Waals surface area (Å²) >= 11 is 0. The Kier molecular flexibility index (Phi) is 3.52. The van der Waals surface area contributed by atoms with Crippen LogP contribution in [0.1, 0.15) is 11.5 Å². The number of hydrogen-bond donors (Lipinski definition) is 0. The van der Waals surface area contributed by atoms with Crippen molar-refractivity contribution < 1.29 is 18.6 Å². The van der Waals surface area contributed by atoms with E-state index in [0.29, 0.717) is 11.3 Å². The molecule has 9 heteroatoms. The zero-order chi connectivity index (χ0) is 15.5. The lowest BCUT2D eigenvalue weighted by atomic mass is 10.3. The summed E-state index contributed by atoms with van der Waals surface area (Å²) in [5.41, 5.74) is 0.447. The van der Waals surface area contributed by atoms with Crippen molar-refractivity contribution in [2.75, 3.05) is 0 Å². The Labute approximate surface area is 123 Å². The van der Waals surface area contributed by atoms with E-state index in [2.05, 4.69) is 15.1 Å². The fourth-order valence-corrected chi connectivity index (χ4v) is 1.73. The molecule has 3 aromatic heterocycles. The van der Waals surface area contributed by atoms with Crippen LogP contribution in [0.5, 0.6) is 5.88 Å². The van der Waals surface area contributed by atoms with Crippen molar-refractivity contribution >= 4 is 5.69 Å². The highest BCUT2D eigenvalue weighted by molar-refractivity contribution is 5.45. The summed E-state index contributed by atoms with van der Waals surface area (Å²) in [7, 11) is 0. The van der Waals surface area contributed by atoms with Crippen molar-refractivity contribution in [3.05, 3.63) is 52.2 Å². The van der Waals surface area contributed by atoms with Crippen LogP contribution in [0, 0.1) is 17.0 Å². The van der Waals surface area contributed by atoms with Crippen LogP contribution in [-0.4, -0.2) is 20.0 Å². The number of aromatic nitrogens is 3. The maximum atomic E-state index is 11.0. The zero-order valence-electron chi connectivity index (χ0n) is 11.4. The Morgan fingerprint density at radius 3 is 3.05 bits per heavy atom. The Morgan fingerprint density at radius 1 is 1.45 bits per heavy atom. The minimum atomic E-state index is -0.558. The Balaban J connectivity index is 1.74. The van der Waals surface area contributed by atoms with Gasteiger partial charge in [-0.1, -0.05) is 5.16 Å². The van der Waals surface area contributed by atoms with Crippen LogP contribution in [-0.2, 0) is 6.61 Å². The summed E-state index contributed by atoms with van der Waals surface area (Å²) < 4.78 is 15.4. The first-order valence-corrected chi connectivity index (χ1v) is 6.24. The predicted molar refractivity (Wildman–Crippen MR) is 72.0 cm³/mol. The molecule has 0 spiro atoms. The van der Waals surface area contributed by atoms with Gasteiger partial charge >= 0.3 is 5.69 Å². The standard InChI is InChI=1S/C13H10N4O5/c1-8-5-9(17(18)19)13(14-6-8)21-7-11-15-12(16-22-11)10-3-2-4-20-10/h2-6H,7H2,1H3. The van der Waals surface area contributed by atoms with E-state index in [1.54, 1.807) is 19.1 Å². The first-order chi connectivity index (χ1) is 10.6. The van der Waals surface area contributed by atoms with Gasteiger partial charge in [-0.25, -0.2) is 4.98 Å². The molecule has 0 fully saturated rings. The second-order valence-corrected chi connectivity index (χ2v) is 4.37. The van der Waals surface area contributed by atoms with Gasteiger partial charge in [0, 0.05) is 12.3 Å². The van der Waals surface area contributed by atoms with Crippen molar-refractivity contribution in [3.63, 3.8) is 0 Å². The molecular formula is C13H10N4O5. The Morgan fingerprint density at radius 2 is 2.32 bits per heavy atom. The quantitative estimate of drug-likeness (QED) is 0.521. The molecular weight excluding hydrogens is 292 g/mol. The highest BCUT2D eigenvalue weighted by atomic mass is 16.6. The minimum Gasteiger partial charge on any atom is -0.463 e. The van der Waals surface area contributed by atoms with E-state index in [9.17, 15) is 10.1 Å². The molecule has 3 heterocycles. The van der Waals surface area contributed by atoms with Gasteiger partial charge in [-0.2, -0.15) is 4.98 Å². The van der Waals surface area contributed by atoms with Gasteiger partial charge < -0.3 is 13.7 Å². The molecule has 0 atom stereocenters. The normalized spacial score (nSPS) is 10.6. The third-order valence-electron chi connectivity index (χ3n) is 2.71. The molecule has 3 aromatic rings. The summed E-state index contributed by atoms with van der Waals surface area (Å²) in [6.45, 7) is 1.57. The van der Waals surface area contributed by atoms with Crippen molar-refractivity contribution in [1.29, 1.82) is 0 Å². The number of hydrogen-bond acceptors (Lipinski definition) is 8. The molecule has 0 aromatic carbocycles. The molecule has 0 aliphatic carbocycles. The summed E-state index contributed by atoms with van der Waals surface area (Å²) in [6.07, 6.45) is 2.96. The monoisotopic (exact) mass is 302 g/mol. The second kappa shape index (κ2) is 5.64. The SMILES string of the molecule is Cc1cnc(OCc2nc(-c3ccco3)no2)c([N+](=O)[O-])c1. The fraction of sp³-hybridized carbons (Fsp3) is 0.154. The van der Waals surface area contributed by atoms with E-state index in [0.717, 1.165) is 0 Å². The molecule has 0 bridgehead atoms. The number of pyridine rings is 1. The molecule has 0 radical (unpaired) electrons. The highest BCUT2D eigenvalue weighted by Gasteiger charge is 2.18. The van der Waals surface area contributed by atoms with E-state index >= 15 is 0 Å². The lowest BCUT2D eigenvalue weighted by Gasteiger charge is -2.03. The van der Waals surface area contributed by atoms with Gasteiger partial charge in [0.2, 0.25) is 5.82 Å². The van der Waals surface area contributed by atoms with Crippen LogP contribution < -0.4 is 4.74 Å². The molecule has 3 rings (SSSR count). The molecule has 0 unspecified atom stereocenters. The second-order valence-electron chi connectivity index (χ2n) is 4.37. The highest BCUT2D eigenvalue weighted by Crippen LogP contribution is 2.25. The van der Waals surface area contributed by atoms with Gasteiger partial charge in [0.25, 0.3) is 11.8 Å². The van der Waals surface area contributed by atoms with Gasteiger partial charge in [-0.3, -0.25) is 10.1 Å². The molecule has 112 valence electrons. The van der Waals surface area contributed by atoms with Crippen LogP contribution in [0.15, 0.2) is 39.6 Å². The number of furan rings is 1. The van der Waals surface area contributed by atoms with Crippen molar-refractivity contribution in [2.24, 2.45) is 0 Å². The van der Waals surface area contributed by atoms with Crippen molar-refractivity contribution in [1.82, 2.24) is 15.1 Å².